The fraction of sp³-hybridized carbons (Fsp3) is 0.545. The molecule has 0 radical (unpaired) electrons. The minimum absolute atomic E-state index is 0. The minimum atomic E-state index is 0. The average Bonchev–Trinajstić information content (AvgIpc) is 2.80. The number of rotatable bonds is 3. The monoisotopic (exact) mass is 293 g/mol. The lowest BCUT2D eigenvalue weighted by molar-refractivity contribution is 0.176. The van der Waals surface area contributed by atoms with Crippen molar-refractivity contribution in [2.24, 2.45) is 0 Å². The minimum Gasteiger partial charge on any atom is -0.314 e. The van der Waals surface area contributed by atoms with E-state index in [9.17, 15) is 0 Å². The second-order valence-corrected chi connectivity index (χ2v) is 4.50. The Labute approximate surface area is 119 Å². The van der Waals surface area contributed by atoms with Crippen LogP contribution in [0.25, 0.3) is 0 Å². The molecule has 2 rings (SSSR count). The predicted molar refractivity (Wildman–Crippen MR) is 76.2 cm³/mol. The highest BCUT2D eigenvalue weighted by Crippen LogP contribution is 2.25. The number of hydrogen-bond donors (Lipinski definition) is 1. The zero-order valence-electron chi connectivity index (χ0n) is 9.46. The van der Waals surface area contributed by atoms with Crippen LogP contribution in [0.15, 0.2) is 16.8 Å². The molecule has 0 aromatic carbocycles. The number of piperazine rings is 1. The fourth-order valence-corrected chi connectivity index (χ4v) is 2.71. The van der Waals surface area contributed by atoms with Gasteiger partial charge in [0.2, 0.25) is 0 Å². The summed E-state index contributed by atoms with van der Waals surface area (Å²) in [6.07, 6.45) is 0.594. The molecule has 1 saturated heterocycles. The van der Waals surface area contributed by atoms with Crippen molar-refractivity contribution in [1.29, 1.82) is 5.26 Å². The molecular weight excluding hydrogens is 277 g/mol. The van der Waals surface area contributed by atoms with Crippen molar-refractivity contribution >= 4 is 36.2 Å². The Morgan fingerprint density at radius 2 is 2.12 bits per heavy atom. The number of thiophene rings is 1. The van der Waals surface area contributed by atoms with Crippen molar-refractivity contribution < 1.29 is 0 Å². The molecule has 1 aliphatic heterocycles. The molecular formula is C11H17Cl2N3S. The largest absolute Gasteiger partial charge is 0.314 e. The van der Waals surface area contributed by atoms with Crippen LogP contribution in [0.2, 0.25) is 0 Å². The molecule has 2 heterocycles. The molecule has 0 saturated carbocycles. The van der Waals surface area contributed by atoms with E-state index in [2.05, 4.69) is 33.1 Å². The first-order chi connectivity index (χ1) is 7.42. The van der Waals surface area contributed by atoms with E-state index in [1.165, 1.54) is 5.56 Å². The second kappa shape index (κ2) is 8.73. The Morgan fingerprint density at radius 3 is 2.65 bits per heavy atom. The van der Waals surface area contributed by atoms with Crippen molar-refractivity contribution in [2.45, 2.75) is 12.5 Å². The lowest BCUT2D eigenvalue weighted by Crippen LogP contribution is -2.45. The van der Waals surface area contributed by atoms with Gasteiger partial charge in [-0.3, -0.25) is 4.90 Å². The molecule has 96 valence electrons. The summed E-state index contributed by atoms with van der Waals surface area (Å²) in [5.41, 5.74) is 1.29. The number of hydrogen-bond acceptors (Lipinski definition) is 4. The van der Waals surface area contributed by atoms with Crippen LogP contribution in [0, 0.1) is 11.3 Å². The van der Waals surface area contributed by atoms with Crippen molar-refractivity contribution in [1.82, 2.24) is 10.2 Å². The Kier molecular flexibility index (Phi) is 8.57. The third-order valence-corrected chi connectivity index (χ3v) is 3.51. The van der Waals surface area contributed by atoms with Crippen molar-refractivity contribution in [3.8, 4) is 6.07 Å². The Balaban J connectivity index is 0.00000128. The first-order valence-electron chi connectivity index (χ1n) is 5.25. The molecule has 0 unspecified atom stereocenters. The summed E-state index contributed by atoms with van der Waals surface area (Å²) in [6, 6.07) is 4.72. The smallest absolute Gasteiger partial charge is 0.0641 e. The van der Waals surface area contributed by atoms with Gasteiger partial charge in [0.1, 0.15) is 0 Å². The zero-order chi connectivity index (χ0) is 10.5. The molecule has 3 nitrogen and oxygen atoms in total. The van der Waals surface area contributed by atoms with E-state index in [-0.39, 0.29) is 24.8 Å². The van der Waals surface area contributed by atoms with Crippen LogP contribution in [0.5, 0.6) is 0 Å². The van der Waals surface area contributed by atoms with E-state index in [0.717, 1.165) is 26.2 Å². The summed E-state index contributed by atoms with van der Waals surface area (Å²) >= 11 is 1.71. The molecule has 0 spiro atoms. The molecule has 6 heteroatoms. The third-order valence-electron chi connectivity index (χ3n) is 2.80. The van der Waals surface area contributed by atoms with Gasteiger partial charge in [-0.25, -0.2) is 0 Å². The molecule has 17 heavy (non-hydrogen) atoms. The molecule has 0 bridgehead atoms. The highest BCUT2D eigenvalue weighted by atomic mass is 35.5. The number of halogens is 2. The molecule has 0 aliphatic carbocycles. The fourth-order valence-electron chi connectivity index (χ4n) is 2.00. The van der Waals surface area contributed by atoms with Gasteiger partial charge in [0.05, 0.1) is 12.5 Å². The second-order valence-electron chi connectivity index (χ2n) is 3.72. The van der Waals surface area contributed by atoms with E-state index in [0.29, 0.717) is 12.5 Å². The van der Waals surface area contributed by atoms with Gasteiger partial charge >= 0.3 is 0 Å². The van der Waals surface area contributed by atoms with Crippen LogP contribution in [-0.4, -0.2) is 31.1 Å². The molecule has 0 amide bonds. The summed E-state index contributed by atoms with van der Waals surface area (Å²) in [4.78, 5) is 2.40. The van der Waals surface area contributed by atoms with Crippen LogP contribution in [0.3, 0.4) is 0 Å². The summed E-state index contributed by atoms with van der Waals surface area (Å²) in [6.45, 7) is 4.16. The van der Waals surface area contributed by atoms with E-state index in [1.807, 2.05) is 0 Å². The Bertz CT molecular complexity index is 331. The van der Waals surface area contributed by atoms with E-state index < -0.39 is 0 Å². The topological polar surface area (TPSA) is 39.1 Å². The molecule has 1 fully saturated rings. The summed E-state index contributed by atoms with van der Waals surface area (Å²) in [5.74, 6) is 0. The van der Waals surface area contributed by atoms with E-state index in [4.69, 9.17) is 5.26 Å². The van der Waals surface area contributed by atoms with Crippen LogP contribution < -0.4 is 5.32 Å². The first-order valence-corrected chi connectivity index (χ1v) is 6.20. The maximum Gasteiger partial charge on any atom is 0.0641 e. The normalized spacial score (nSPS) is 17.4. The summed E-state index contributed by atoms with van der Waals surface area (Å²) in [5, 5.41) is 16.5. The highest BCUT2D eigenvalue weighted by Gasteiger charge is 2.21. The van der Waals surface area contributed by atoms with Gasteiger partial charge in [0.15, 0.2) is 0 Å². The van der Waals surface area contributed by atoms with Gasteiger partial charge < -0.3 is 5.32 Å². The zero-order valence-corrected chi connectivity index (χ0v) is 11.9. The van der Waals surface area contributed by atoms with E-state index >= 15 is 0 Å². The lowest BCUT2D eigenvalue weighted by Gasteiger charge is -2.33. The van der Waals surface area contributed by atoms with Gasteiger partial charge in [-0.05, 0) is 22.4 Å². The number of nitrogens with one attached hydrogen (secondary N) is 1. The van der Waals surface area contributed by atoms with Gasteiger partial charge in [-0.1, -0.05) is 0 Å². The van der Waals surface area contributed by atoms with Gasteiger partial charge in [0, 0.05) is 32.2 Å². The van der Waals surface area contributed by atoms with Crippen LogP contribution in [-0.2, 0) is 0 Å². The average molecular weight is 294 g/mol. The van der Waals surface area contributed by atoms with Crippen molar-refractivity contribution in [3.05, 3.63) is 22.4 Å². The predicted octanol–water partition coefficient (Wildman–Crippen LogP) is 2.45. The molecule has 1 aromatic rings. The molecule has 1 aliphatic rings. The van der Waals surface area contributed by atoms with Crippen LogP contribution in [0.4, 0.5) is 0 Å². The van der Waals surface area contributed by atoms with Gasteiger partial charge in [0.25, 0.3) is 0 Å². The summed E-state index contributed by atoms with van der Waals surface area (Å²) < 4.78 is 0. The Morgan fingerprint density at radius 1 is 1.41 bits per heavy atom. The van der Waals surface area contributed by atoms with Crippen molar-refractivity contribution in [2.75, 3.05) is 26.2 Å². The molecule has 1 N–H and O–H groups in total. The van der Waals surface area contributed by atoms with Gasteiger partial charge in [-0.2, -0.15) is 16.6 Å². The highest BCUT2D eigenvalue weighted by molar-refractivity contribution is 7.07. The molecule has 1 aromatic heterocycles. The van der Waals surface area contributed by atoms with Crippen molar-refractivity contribution in [3.63, 3.8) is 0 Å². The van der Waals surface area contributed by atoms with Gasteiger partial charge in [-0.15, -0.1) is 24.8 Å². The maximum atomic E-state index is 8.88. The number of nitriles is 1. The standard InChI is InChI=1S/C11H15N3S.2ClH/c12-3-1-11(10-2-8-15-9-10)14-6-4-13-5-7-14;;/h2,8-9,11,13H,1,4-7H2;2*1H/t11-;;/m0../s1. The maximum absolute atomic E-state index is 8.88. The quantitative estimate of drug-likeness (QED) is 0.930. The third kappa shape index (κ3) is 4.46. The number of nitrogens with zero attached hydrogens (tertiary/aromatic N) is 2. The lowest BCUT2D eigenvalue weighted by atomic mass is 10.1. The SMILES string of the molecule is Cl.Cl.N#CC[C@@H](c1ccsc1)N1CCNCC1. The molecule has 1 atom stereocenters. The van der Waals surface area contributed by atoms with Crippen LogP contribution in [0.1, 0.15) is 18.0 Å². The van der Waals surface area contributed by atoms with Crippen LogP contribution >= 0.6 is 36.2 Å². The Hall–Kier alpha value is -0.310. The van der Waals surface area contributed by atoms with E-state index in [1.54, 1.807) is 11.3 Å². The summed E-state index contributed by atoms with van der Waals surface area (Å²) in [7, 11) is 0. The first kappa shape index (κ1) is 16.7.